The van der Waals surface area contributed by atoms with Gasteiger partial charge in [-0.25, -0.2) is 9.78 Å². The second-order valence-electron chi connectivity index (χ2n) is 6.06. The summed E-state index contributed by atoms with van der Waals surface area (Å²) in [7, 11) is 0. The first kappa shape index (κ1) is 16.0. The monoisotopic (exact) mass is 308 g/mol. The van der Waals surface area contributed by atoms with E-state index in [1.807, 2.05) is 26.8 Å². The number of hydrogen-bond acceptors (Lipinski definition) is 6. The van der Waals surface area contributed by atoms with Gasteiger partial charge in [0.1, 0.15) is 5.60 Å². The van der Waals surface area contributed by atoms with Crippen LogP contribution in [-0.2, 0) is 11.2 Å². The van der Waals surface area contributed by atoms with Gasteiger partial charge in [-0.3, -0.25) is 4.63 Å². The van der Waals surface area contributed by atoms with Crippen LogP contribution in [0.25, 0.3) is 11.2 Å². The van der Waals surface area contributed by atoms with Crippen molar-refractivity contribution >= 4 is 17.3 Å². The van der Waals surface area contributed by atoms with Crippen LogP contribution in [0.2, 0.25) is 0 Å². The Labute approximate surface area is 128 Å². The molecular formula is C14H20N4O4. The molecule has 0 bridgehead atoms. The Balaban J connectivity index is 1.86. The summed E-state index contributed by atoms with van der Waals surface area (Å²) in [6.07, 6.45) is 0.918. The predicted molar refractivity (Wildman–Crippen MR) is 78.1 cm³/mol. The van der Waals surface area contributed by atoms with Crippen LogP contribution in [0, 0.1) is 12.1 Å². The molecule has 0 aliphatic heterocycles. The summed E-state index contributed by atoms with van der Waals surface area (Å²) in [5, 5.41) is 17.6. The van der Waals surface area contributed by atoms with E-state index in [0.717, 1.165) is 11.3 Å². The number of rotatable bonds is 4. The van der Waals surface area contributed by atoms with E-state index >= 15 is 0 Å². The Morgan fingerprint density at radius 2 is 2.23 bits per heavy atom. The van der Waals surface area contributed by atoms with Gasteiger partial charge in [-0.15, -0.1) is 0 Å². The van der Waals surface area contributed by atoms with E-state index in [1.165, 1.54) is 0 Å². The minimum absolute atomic E-state index is 0.296. The van der Waals surface area contributed by atoms with Gasteiger partial charge in [-0.05, 0) is 51.5 Å². The van der Waals surface area contributed by atoms with Crippen molar-refractivity contribution in [2.45, 2.75) is 46.1 Å². The van der Waals surface area contributed by atoms with Gasteiger partial charge in [-0.1, -0.05) is 0 Å². The zero-order valence-corrected chi connectivity index (χ0v) is 13.2. The summed E-state index contributed by atoms with van der Waals surface area (Å²) in [5.41, 5.74) is 1.69. The van der Waals surface area contributed by atoms with Crippen LogP contribution in [0.1, 0.15) is 38.4 Å². The quantitative estimate of drug-likeness (QED) is 0.680. The lowest BCUT2D eigenvalue weighted by Crippen LogP contribution is -2.33. The van der Waals surface area contributed by atoms with Crippen molar-refractivity contribution in [1.29, 1.82) is 0 Å². The molecule has 0 radical (unpaired) electrons. The first-order valence-corrected chi connectivity index (χ1v) is 7.09. The van der Waals surface area contributed by atoms with Crippen molar-refractivity contribution in [2.24, 2.45) is 0 Å². The van der Waals surface area contributed by atoms with Gasteiger partial charge in [0.25, 0.3) is 0 Å². The van der Waals surface area contributed by atoms with Crippen molar-refractivity contribution in [1.82, 2.24) is 15.5 Å². The number of nitrogens with zero attached hydrogens (tertiary/aromatic N) is 3. The van der Waals surface area contributed by atoms with E-state index in [0.29, 0.717) is 35.5 Å². The average Bonchev–Trinajstić information content (AvgIpc) is 2.75. The standard InChI is InChI=1S/C14H20N4O4/c1-9-8-10(16-12-11(9)18(20)22-17-12)6-5-7-15-13(19)21-14(2,3)4/h8H,5-7H2,1-4H3,(H,15,19). The molecule has 2 rings (SSSR count). The van der Waals surface area contributed by atoms with Crippen molar-refractivity contribution < 1.29 is 19.1 Å². The zero-order chi connectivity index (χ0) is 16.3. The number of pyridine rings is 1. The fourth-order valence-electron chi connectivity index (χ4n) is 2.02. The zero-order valence-electron chi connectivity index (χ0n) is 13.2. The molecule has 0 saturated carbocycles. The van der Waals surface area contributed by atoms with Gasteiger partial charge < -0.3 is 15.3 Å². The fraction of sp³-hybridized carbons (Fsp3) is 0.571. The average molecular weight is 308 g/mol. The summed E-state index contributed by atoms with van der Waals surface area (Å²) >= 11 is 0. The SMILES string of the molecule is Cc1cc(CCCNC(=O)OC(C)(C)C)nc2no[n+]([O-])c12. The second kappa shape index (κ2) is 6.17. The van der Waals surface area contributed by atoms with Gasteiger partial charge in [0, 0.05) is 17.8 Å². The van der Waals surface area contributed by atoms with Crippen LogP contribution in [0.3, 0.4) is 0 Å². The highest BCUT2D eigenvalue weighted by Gasteiger charge is 2.17. The fourth-order valence-corrected chi connectivity index (χ4v) is 2.02. The molecule has 120 valence electrons. The van der Waals surface area contributed by atoms with Crippen molar-refractivity contribution in [3.05, 3.63) is 22.5 Å². The molecule has 1 N–H and O–H groups in total. The molecule has 22 heavy (non-hydrogen) atoms. The molecule has 0 unspecified atom stereocenters. The van der Waals surface area contributed by atoms with Crippen molar-refractivity contribution in [3.63, 3.8) is 0 Å². The first-order valence-electron chi connectivity index (χ1n) is 7.09. The molecule has 8 nitrogen and oxygen atoms in total. The van der Waals surface area contributed by atoms with E-state index in [2.05, 4.69) is 20.1 Å². The number of nitrogens with one attached hydrogen (secondary N) is 1. The smallest absolute Gasteiger partial charge is 0.407 e. The third-order valence-corrected chi connectivity index (χ3v) is 2.88. The Morgan fingerprint density at radius 1 is 1.50 bits per heavy atom. The summed E-state index contributed by atoms with van der Waals surface area (Å²) in [6.45, 7) is 7.73. The third kappa shape index (κ3) is 4.06. The molecule has 0 fully saturated rings. The number of hydrogen-bond donors (Lipinski definition) is 1. The molecule has 8 heteroatoms. The van der Waals surface area contributed by atoms with E-state index < -0.39 is 11.7 Å². The van der Waals surface area contributed by atoms with Gasteiger partial charge in [0.15, 0.2) is 0 Å². The molecule has 0 aliphatic carbocycles. The van der Waals surface area contributed by atoms with Crippen LogP contribution >= 0.6 is 0 Å². The van der Waals surface area contributed by atoms with Gasteiger partial charge in [0.2, 0.25) is 5.52 Å². The minimum Gasteiger partial charge on any atom is -0.444 e. The molecule has 2 aromatic heterocycles. The second-order valence-corrected chi connectivity index (χ2v) is 6.06. The number of carbonyl (C=O) groups excluding carboxylic acids is 1. The largest absolute Gasteiger partial charge is 0.444 e. The normalized spacial score (nSPS) is 11.6. The number of alkyl carbamates (subject to hydrolysis) is 1. The molecule has 0 atom stereocenters. The topological polar surface area (TPSA) is 104 Å². The first-order chi connectivity index (χ1) is 10.3. The lowest BCUT2D eigenvalue weighted by molar-refractivity contribution is -0.782. The molecule has 0 spiro atoms. The molecule has 0 aliphatic rings. The maximum absolute atomic E-state index is 11.5. The summed E-state index contributed by atoms with van der Waals surface area (Å²) in [6, 6.07) is 1.82. The number of fused-ring (bicyclic) bond motifs is 1. The lowest BCUT2D eigenvalue weighted by atomic mass is 10.1. The highest BCUT2D eigenvalue weighted by molar-refractivity contribution is 5.69. The Morgan fingerprint density at radius 3 is 2.91 bits per heavy atom. The third-order valence-electron chi connectivity index (χ3n) is 2.88. The number of aryl methyl sites for hydroxylation is 2. The van der Waals surface area contributed by atoms with Crippen molar-refractivity contribution in [2.75, 3.05) is 6.54 Å². The maximum Gasteiger partial charge on any atom is 0.407 e. The maximum atomic E-state index is 11.5. The number of amides is 1. The van der Waals surface area contributed by atoms with Gasteiger partial charge in [-0.2, -0.15) is 0 Å². The Kier molecular flexibility index (Phi) is 4.48. The summed E-state index contributed by atoms with van der Waals surface area (Å²) in [5.74, 6) is 0. The highest BCUT2D eigenvalue weighted by atomic mass is 16.8. The number of aromatic nitrogens is 3. The Hall–Kier alpha value is -2.38. The van der Waals surface area contributed by atoms with Gasteiger partial charge in [0.05, 0.1) is 5.16 Å². The van der Waals surface area contributed by atoms with E-state index in [9.17, 15) is 10.0 Å². The van der Waals surface area contributed by atoms with E-state index in [-0.39, 0.29) is 0 Å². The van der Waals surface area contributed by atoms with Crippen LogP contribution < -0.4 is 10.2 Å². The molecule has 1 amide bonds. The number of carbonyl (C=O) groups is 1. The summed E-state index contributed by atoms with van der Waals surface area (Å²) < 4.78 is 9.67. The Bertz CT molecular complexity index is 675. The summed E-state index contributed by atoms with van der Waals surface area (Å²) in [4.78, 5) is 16.1. The van der Waals surface area contributed by atoms with Crippen LogP contribution in [0.4, 0.5) is 4.79 Å². The lowest BCUT2D eigenvalue weighted by Gasteiger charge is -2.19. The van der Waals surface area contributed by atoms with Crippen molar-refractivity contribution in [3.8, 4) is 0 Å². The number of ether oxygens (including phenoxy) is 1. The minimum atomic E-state index is -0.506. The molecule has 2 aromatic rings. The van der Waals surface area contributed by atoms with Crippen LogP contribution in [-0.4, -0.2) is 28.4 Å². The van der Waals surface area contributed by atoms with E-state index in [4.69, 9.17) is 4.74 Å². The molecule has 0 saturated heterocycles. The highest BCUT2D eigenvalue weighted by Crippen LogP contribution is 2.13. The predicted octanol–water partition coefficient (Wildman–Crippen LogP) is 1.62. The molecule has 0 aromatic carbocycles. The van der Waals surface area contributed by atoms with E-state index in [1.54, 1.807) is 6.92 Å². The molecular weight excluding hydrogens is 288 g/mol. The van der Waals surface area contributed by atoms with Crippen LogP contribution in [0.15, 0.2) is 10.7 Å². The molecule has 2 heterocycles. The van der Waals surface area contributed by atoms with Crippen LogP contribution in [0.5, 0.6) is 0 Å². The van der Waals surface area contributed by atoms with Gasteiger partial charge >= 0.3 is 11.7 Å².